The molecule has 0 aliphatic rings. The number of aromatic hydroxyl groups is 1. The van der Waals surface area contributed by atoms with Crippen LogP contribution in [-0.2, 0) is 0 Å². The Bertz CT molecular complexity index is 353. The third kappa shape index (κ3) is 1.26. The zero-order valence-electron chi connectivity index (χ0n) is 6.76. The van der Waals surface area contributed by atoms with Crippen molar-refractivity contribution in [3.63, 3.8) is 0 Å². The van der Waals surface area contributed by atoms with Crippen LogP contribution >= 0.6 is 0 Å². The first kappa shape index (κ1) is 8.24. The van der Waals surface area contributed by atoms with Crippen LogP contribution in [0, 0.1) is 31.6 Å². The van der Waals surface area contributed by atoms with Gasteiger partial charge in [0.2, 0.25) is 0 Å². The first-order valence-electron chi connectivity index (χ1n) is 3.46. The molecule has 0 aliphatic heterocycles. The number of hydrogen-bond acceptors (Lipinski definition) is 1. The summed E-state index contributed by atoms with van der Waals surface area (Å²) < 4.78 is 0. The van der Waals surface area contributed by atoms with E-state index in [2.05, 4.69) is 11.8 Å². The minimum atomic E-state index is 0.106. The van der Waals surface area contributed by atoms with Gasteiger partial charge in [-0.05, 0) is 24.6 Å². The summed E-state index contributed by atoms with van der Waals surface area (Å²) in [6.45, 7) is 1.83. The van der Waals surface area contributed by atoms with Crippen molar-refractivity contribution in [3.05, 3.63) is 28.8 Å². The molecule has 12 heavy (non-hydrogen) atoms. The van der Waals surface area contributed by atoms with Crippen molar-refractivity contribution >= 4 is 0 Å². The van der Waals surface area contributed by atoms with Gasteiger partial charge in [-0.15, -0.1) is 12.8 Å². The van der Waals surface area contributed by atoms with Crippen LogP contribution in [-0.4, -0.2) is 5.11 Å². The lowest BCUT2D eigenvalue weighted by molar-refractivity contribution is 0.473. The Kier molecular flexibility index (Phi) is 2.08. The van der Waals surface area contributed by atoms with E-state index < -0.39 is 0 Å². The minimum Gasteiger partial charge on any atom is -0.507 e. The van der Waals surface area contributed by atoms with Gasteiger partial charge in [0.1, 0.15) is 5.75 Å². The Hall–Kier alpha value is -1.86. The van der Waals surface area contributed by atoms with Crippen molar-refractivity contribution in [1.82, 2.24) is 0 Å². The molecule has 1 N–H and O–H groups in total. The lowest BCUT2D eigenvalue weighted by Crippen LogP contribution is -1.85. The molecule has 1 aromatic rings. The Morgan fingerprint density at radius 1 is 1.17 bits per heavy atom. The number of phenolic OH excluding ortho intramolecular Hbond substituents is 1. The standard InChI is InChI=1S/C11H8O/c1-4-9-7-10(5-2)11(12)6-8(9)3/h1-2,6-7,12H,3H3. The molecule has 1 heteroatoms. The number of rotatable bonds is 0. The molecule has 0 aromatic heterocycles. The van der Waals surface area contributed by atoms with Gasteiger partial charge >= 0.3 is 0 Å². The van der Waals surface area contributed by atoms with E-state index in [0.29, 0.717) is 5.56 Å². The summed E-state index contributed by atoms with van der Waals surface area (Å²) in [7, 11) is 0. The van der Waals surface area contributed by atoms with Gasteiger partial charge in [0, 0.05) is 5.56 Å². The third-order valence-electron chi connectivity index (χ3n) is 1.65. The summed E-state index contributed by atoms with van der Waals surface area (Å²) in [5, 5.41) is 9.30. The quantitative estimate of drug-likeness (QED) is 0.566. The summed E-state index contributed by atoms with van der Waals surface area (Å²) in [6, 6.07) is 3.20. The van der Waals surface area contributed by atoms with Gasteiger partial charge in [-0.3, -0.25) is 0 Å². The average molecular weight is 156 g/mol. The van der Waals surface area contributed by atoms with Gasteiger partial charge in [-0.2, -0.15) is 0 Å². The van der Waals surface area contributed by atoms with E-state index in [9.17, 15) is 5.11 Å². The molecule has 1 aromatic carbocycles. The van der Waals surface area contributed by atoms with Crippen LogP contribution in [0.1, 0.15) is 16.7 Å². The predicted molar refractivity (Wildman–Crippen MR) is 48.7 cm³/mol. The fraction of sp³-hybridized carbons (Fsp3) is 0.0909. The molecule has 0 atom stereocenters. The molecular formula is C11H8O. The van der Waals surface area contributed by atoms with E-state index in [0.717, 1.165) is 11.1 Å². The molecule has 0 bridgehead atoms. The lowest BCUT2D eigenvalue weighted by Gasteiger charge is -2.01. The highest BCUT2D eigenvalue weighted by atomic mass is 16.3. The van der Waals surface area contributed by atoms with Gasteiger partial charge in [-0.1, -0.05) is 11.8 Å². The molecule has 0 fully saturated rings. The molecule has 1 nitrogen and oxygen atoms in total. The number of terminal acetylenes is 2. The summed E-state index contributed by atoms with van der Waals surface area (Å²) in [5.74, 6) is 4.95. The fourth-order valence-electron chi connectivity index (χ4n) is 0.964. The highest BCUT2D eigenvalue weighted by molar-refractivity contribution is 5.53. The highest BCUT2D eigenvalue weighted by Crippen LogP contribution is 2.20. The number of hydrogen-bond donors (Lipinski definition) is 1. The zero-order valence-corrected chi connectivity index (χ0v) is 6.76. The van der Waals surface area contributed by atoms with Gasteiger partial charge in [0.05, 0.1) is 5.56 Å². The summed E-state index contributed by atoms with van der Waals surface area (Å²) in [6.07, 6.45) is 10.4. The molecule has 0 spiro atoms. The predicted octanol–water partition coefficient (Wildman–Crippen LogP) is 1.66. The summed E-state index contributed by atoms with van der Waals surface area (Å²) in [4.78, 5) is 0. The number of phenols is 1. The topological polar surface area (TPSA) is 20.2 Å². The molecule has 58 valence electrons. The van der Waals surface area contributed by atoms with E-state index in [1.165, 1.54) is 0 Å². The smallest absolute Gasteiger partial charge is 0.131 e. The molecule has 0 unspecified atom stereocenters. The highest BCUT2D eigenvalue weighted by Gasteiger charge is 2.01. The normalized spacial score (nSPS) is 8.58. The number of benzene rings is 1. The second-order valence-electron chi connectivity index (χ2n) is 2.47. The van der Waals surface area contributed by atoms with Gasteiger partial charge in [0.25, 0.3) is 0 Å². The Labute approximate surface area is 72.0 Å². The second-order valence-corrected chi connectivity index (χ2v) is 2.47. The average Bonchev–Trinajstić information content (AvgIpc) is 2.05. The molecule has 0 heterocycles. The van der Waals surface area contributed by atoms with Crippen molar-refractivity contribution in [2.75, 3.05) is 0 Å². The van der Waals surface area contributed by atoms with Crippen molar-refractivity contribution in [3.8, 4) is 30.4 Å². The SMILES string of the molecule is C#Cc1cc(C#C)c(O)cc1C. The van der Waals surface area contributed by atoms with Crippen LogP contribution in [0.3, 0.4) is 0 Å². The molecule has 0 saturated carbocycles. The molecular weight excluding hydrogens is 148 g/mol. The molecule has 0 aliphatic carbocycles. The van der Waals surface area contributed by atoms with Crippen LogP contribution in [0.2, 0.25) is 0 Å². The maximum Gasteiger partial charge on any atom is 0.131 e. The van der Waals surface area contributed by atoms with E-state index in [1.54, 1.807) is 12.1 Å². The lowest BCUT2D eigenvalue weighted by atomic mass is 10.0. The van der Waals surface area contributed by atoms with E-state index in [1.807, 2.05) is 6.92 Å². The Morgan fingerprint density at radius 2 is 1.75 bits per heavy atom. The van der Waals surface area contributed by atoms with Crippen LogP contribution in [0.4, 0.5) is 0 Å². The molecule has 0 amide bonds. The molecule has 0 saturated heterocycles. The maximum atomic E-state index is 9.30. The minimum absolute atomic E-state index is 0.106. The van der Waals surface area contributed by atoms with Gasteiger partial charge in [0.15, 0.2) is 0 Å². The number of aryl methyl sites for hydroxylation is 1. The molecule has 1 rings (SSSR count). The summed E-state index contributed by atoms with van der Waals surface area (Å²) in [5.41, 5.74) is 2.02. The monoisotopic (exact) mass is 156 g/mol. The summed E-state index contributed by atoms with van der Waals surface area (Å²) >= 11 is 0. The van der Waals surface area contributed by atoms with Crippen molar-refractivity contribution in [2.24, 2.45) is 0 Å². The fourth-order valence-corrected chi connectivity index (χ4v) is 0.964. The van der Waals surface area contributed by atoms with Crippen molar-refractivity contribution in [1.29, 1.82) is 0 Å². The zero-order chi connectivity index (χ0) is 9.14. The molecule has 0 radical (unpaired) electrons. The van der Waals surface area contributed by atoms with E-state index in [-0.39, 0.29) is 5.75 Å². The first-order valence-corrected chi connectivity index (χ1v) is 3.46. The maximum absolute atomic E-state index is 9.30. The van der Waals surface area contributed by atoms with Gasteiger partial charge < -0.3 is 5.11 Å². The largest absolute Gasteiger partial charge is 0.507 e. The van der Waals surface area contributed by atoms with Crippen molar-refractivity contribution < 1.29 is 5.11 Å². The second kappa shape index (κ2) is 3.03. The van der Waals surface area contributed by atoms with E-state index >= 15 is 0 Å². The van der Waals surface area contributed by atoms with Crippen LogP contribution in [0.25, 0.3) is 0 Å². The van der Waals surface area contributed by atoms with Crippen molar-refractivity contribution in [2.45, 2.75) is 6.92 Å². The van der Waals surface area contributed by atoms with Gasteiger partial charge in [-0.25, -0.2) is 0 Å². The van der Waals surface area contributed by atoms with Crippen LogP contribution in [0.5, 0.6) is 5.75 Å². The Balaban J connectivity index is 3.42. The Morgan fingerprint density at radius 3 is 2.25 bits per heavy atom. The first-order chi connectivity index (χ1) is 5.69. The third-order valence-corrected chi connectivity index (χ3v) is 1.65. The van der Waals surface area contributed by atoms with Crippen LogP contribution < -0.4 is 0 Å². The van der Waals surface area contributed by atoms with Crippen LogP contribution in [0.15, 0.2) is 12.1 Å². The van der Waals surface area contributed by atoms with E-state index in [4.69, 9.17) is 12.8 Å².